The van der Waals surface area contributed by atoms with Gasteiger partial charge in [-0.3, -0.25) is 0 Å². The third kappa shape index (κ3) is 2.28. The Morgan fingerprint density at radius 1 is 1.33 bits per heavy atom. The van der Waals surface area contributed by atoms with Crippen LogP contribution in [0.15, 0.2) is 35.1 Å². The summed E-state index contributed by atoms with van der Waals surface area (Å²) in [4.78, 5) is 9.75. The molecular weight excluding hydrogens is 299 g/mol. The van der Waals surface area contributed by atoms with E-state index in [2.05, 4.69) is 25.9 Å². The fourth-order valence-corrected chi connectivity index (χ4v) is 2.09. The van der Waals surface area contributed by atoms with Crippen molar-refractivity contribution in [1.82, 2.24) is 9.97 Å². The molecule has 0 spiro atoms. The maximum absolute atomic E-state index is 13.8. The Bertz CT molecular complexity index is 562. The minimum Gasteiger partial charge on any atom is -0.383 e. The highest BCUT2D eigenvalue weighted by atomic mass is 79.9. The number of aromatic nitrogens is 2. The van der Waals surface area contributed by atoms with E-state index in [-0.39, 0.29) is 5.82 Å². The molecule has 2 aromatic rings. The van der Waals surface area contributed by atoms with Gasteiger partial charge in [0, 0.05) is 6.54 Å². The van der Waals surface area contributed by atoms with Crippen LogP contribution in [0.25, 0.3) is 0 Å². The maximum Gasteiger partial charge on any atom is 0.153 e. The minimum atomic E-state index is -0.302. The lowest BCUT2D eigenvalue weighted by Gasteiger charge is -2.23. The summed E-state index contributed by atoms with van der Waals surface area (Å²) in [6, 6.07) is 6.54. The molecule has 0 amide bonds. The summed E-state index contributed by atoms with van der Waals surface area (Å²) in [5, 5.41) is 0. The van der Waals surface area contributed by atoms with E-state index in [1.165, 1.54) is 12.4 Å². The monoisotopic (exact) mass is 310 g/mol. The van der Waals surface area contributed by atoms with Crippen LogP contribution in [0.2, 0.25) is 0 Å². The van der Waals surface area contributed by atoms with Gasteiger partial charge in [0.25, 0.3) is 0 Å². The summed E-state index contributed by atoms with van der Waals surface area (Å²) in [6.07, 6.45) is 1.36. The molecule has 1 aromatic heterocycles. The van der Waals surface area contributed by atoms with Crippen LogP contribution in [-0.2, 0) is 0 Å². The zero-order chi connectivity index (χ0) is 13.1. The Hall–Kier alpha value is -1.69. The average Bonchev–Trinajstić information content (AvgIpc) is 2.37. The van der Waals surface area contributed by atoms with Gasteiger partial charge < -0.3 is 10.6 Å². The third-order valence-electron chi connectivity index (χ3n) is 2.51. The summed E-state index contributed by atoms with van der Waals surface area (Å²) in [5.41, 5.74) is 6.17. The Labute approximate surface area is 113 Å². The number of hydrogen-bond donors (Lipinski definition) is 1. The van der Waals surface area contributed by atoms with E-state index in [4.69, 9.17) is 5.73 Å². The van der Waals surface area contributed by atoms with Gasteiger partial charge in [-0.1, -0.05) is 12.1 Å². The molecule has 0 saturated heterocycles. The number of rotatable bonds is 3. The van der Waals surface area contributed by atoms with Crippen LogP contribution in [0.3, 0.4) is 0 Å². The van der Waals surface area contributed by atoms with Crippen molar-refractivity contribution in [3.05, 3.63) is 40.9 Å². The number of para-hydroxylation sites is 1. The van der Waals surface area contributed by atoms with Crippen LogP contribution in [0.5, 0.6) is 0 Å². The predicted molar refractivity (Wildman–Crippen MR) is 73.2 cm³/mol. The number of nitrogens with zero attached hydrogens (tertiary/aromatic N) is 3. The molecule has 0 aliphatic carbocycles. The van der Waals surface area contributed by atoms with Crippen molar-refractivity contribution in [1.29, 1.82) is 0 Å². The molecule has 18 heavy (non-hydrogen) atoms. The first-order chi connectivity index (χ1) is 8.65. The van der Waals surface area contributed by atoms with E-state index in [9.17, 15) is 4.39 Å². The normalized spacial score (nSPS) is 10.4. The molecule has 2 N–H and O–H groups in total. The molecule has 0 radical (unpaired) electrons. The highest BCUT2D eigenvalue weighted by Crippen LogP contribution is 2.33. The summed E-state index contributed by atoms with van der Waals surface area (Å²) >= 11 is 3.33. The fraction of sp³-hybridized carbons (Fsp3) is 0.167. The van der Waals surface area contributed by atoms with Gasteiger partial charge in [-0.05, 0) is 35.0 Å². The lowest BCUT2D eigenvalue weighted by Crippen LogP contribution is -2.19. The molecule has 0 fully saturated rings. The van der Waals surface area contributed by atoms with Crippen LogP contribution in [0.4, 0.5) is 21.7 Å². The zero-order valence-corrected chi connectivity index (χ0v) is 11.4. The van der Waals surface area contributed by atoms with Crippen molar-refractivity contribution >= 4 is 33.3 Å². The summed E-state index contributed by atoms with van der Waals surface area (Å²) in [5.74, 6) is 0.577. The smallest absolute Gasteiger partial charge is 0.153 e. The molecule has 2 rings (SSSR count). The minimum absolute atomic E-state index is 0.302. The molecule has 0 aliphatic heterocycles. The van der Waals surface area contributed by atoms with Crippen LogP contribution >= 0.6 is 15.9 Å². The van der Waals surface area contributed by atoms with Crippen LogP contribution < -0.4 is 10.6 Å². The first-order valence-electron chi connectivity index (χ1n) is 5.43. The van der Waals surface area contributed by atoms with Crippen molar-refractivity contribution in [2.24, 2.45) is 0 Å². The average molecular weight is 311 g/mol. The quantitative estimate of drug-likeness (QED) is 0.946. The molecule has 0 unspecified atom stereocenters. The van der Waals surface area contributed by atoms with E-state index in [1.54, 1.807) is 23.1 Å². The van der Waals surface area contributed by atoms with Crippen LogP contribution in [-0.4, -0.2) is 16.5 Å². The van der Waals surface area contributed by atoms with Crippen molar-refractivity contribution < 1.29 is 4.39 Å². The Balaban J connectivity index is 2.53. The van der Waals surface area contributed by atoms with Crippen LogP contribution in [0, 0.1) is 5.82 Å². The van der Waals surface area contributed by atoms with E-state index in [0.29, 0.717) is 28.3 Å². The van der Waals surface area contributed by atoms with Gasteiger partial charge >= 0.3 is 0 Å². The second-order valence-electron chi connectivity index (χ2n) is 3.59. The van der Waals surface area contributed by atoms with E-state index >= 15 is 0 Å². The number of halogens is 2. The second kappa shape index (κ2) is 5.30. The standard InChI is InChI=1S/C12H12BrFN4/c1-2-18(9-6-4-3-5-8(9)14)12-10(13)11(15)16-7-17-12/h3-7H,2H2,1H3,(H2,15,16,17). The fourth-order valence-electron chi connectivity index (χ4n) is 1.67. The topological polar surface area (TPSA) is 55.0 Å². The van der Waals surface area contributed by atoms with E-state index in [0.717, 1.165) is 0 Å². The molecule has 1 aromatic carbocycles. The number of nitrogen functional groups attached to an aromatic ring is 1. The van der Waals surface area contributed by atoms with E-state index < -0.39 is 0 Å². The van der Waals surface area contributed by atoms with Crippen molar-refractivity contribution in [2.45, 2.75) is 6.92 Å². The van der Waals surface area contributed by atoms with Gasteiger partial charge in [-0.25, -0.2) is 14.4 Å². The van der Waals surface area contributed by atoms with Gasteiger partial charge in [0.05, 0.1) is 5.69 Å². The third-order valence-corrected chi connectivity index (χ3v) is 3.27. The first-order valence-corrected chi connectivity index (χ1v) is 6.22. The van der Waals surface area contributed by atoms with Crippen molar-refractivity contribution in [3.8, 4) is 0 Å². The first kappa shape index (κ1) is 12.8. The summed E-state index contributed by atoms with van der Waals surface area (Å²) in [7, 11) is 0. The molecule has 0 saturated carbocycles. The molecule has 6 heteroatoms. The Morgan fingerprint density at radius 2 is 2.06 bits per heavy atom. The van der Waals surface area contributed by atoms with E-state index in [1.807, 2.05) is 6.92 Å². The molecular formula is C12H12BrFN4. The predicted octanol–water partition coefficient (Wildman–Crippen LogP) is 3.12. The molecule has 94 valence electrons. The molecule has 0 atom stereocenters. The SMILES string of the molecule is CCN(c1ccccc1F)c1ncnc(N)c1Br. The summed E-state index contributed by atoms with van der Waals surface area (Å²) < 4.78 is 14.4. The molecule has 1 heterocycles. The van der Waals surface area contributed by atoms with Gasteiger partial charge in [-0.15, -0.1) is 0 Å². The lowest BCUT2D eigenvalue weighted by atomic mass is 10.2. The van der Waals surface area contributed by atoms with Crippen molar-refractivity contribution in [2.75, 3.05) is 17.2 Å². The van der Waals surface area contributed by atoms with Gasteiger partial charge in [0.1, 0.15) is 22.4 Å². The Morgan fingerprint density at radius 3 is 2.72 bits per heavy atom. The number of anilines is 3. The number of hydrogen-bond acceptors (Lipinski definition) is 4. The largest absolute Gasteiger partial charge is 0.383 e. The summed E-state index contributed by atoms with van der Waals surface area (Å²) in [6.45, 7) is 2.48. The second-order valence-corrected chi connectivity index (χ2v) is 4.39. The van der Waals surface area contributed by atoms with Gasteiger partial charge in [-0.2, -0.15) is 0 Å². The molecule has 0 aliphatic rings. The van der Waals surface area contributed by atoms with Crippen LogP contribution in [0.1, 0.15) is 6.92 Å². The maximum atomic E-state index is 13.8. The zero-order valence-electron chi connectivity index (χ0n) is 9.77. The molecule has 0 bridgehead atoms. The number of nitrogens with two attached hydrogens (primary N) is 1. The Kier molecular flexibility index (Phi) is 3.76. The highest BCUT2D eigenvalue weighted by molar-refractivity contribution is 9.10. The highest BCUT2D eigenvalue weighted by Gasteiger charge is 2.17. The lowest BCUT2D eigenvalue weighted by molar-refractivity contribution is 0.625. The van der Waals surface area contributed by atoms with Crippen molar-refractivity contribution in [3.63, 3.8) is 0 Å². The van der Waals surface area contributed by atoms with Gasteiger partial charge in [0.2, 0.25) is 0 Å². The molecule has 4 nitrogen and oxygen atoms in total. The van der Waals surface area contributed by atoms with Gasteiger partial charge in [0.15, 0.2) is 5.82 Å². The number of benzene rings is 1.